The van der Waals surface area contributed by atoms with Crippen LogP contribution >= 0.6 is 0 Å². The van der Waals surface area contributed by atoms with Gasteiger partial charge in [0.15, 0.2) is 0 Å². The lowest BCUT2D eigenvalue weighted by Crippen LogP contribution is -2.53. The van der Waals surface area contributed by atoms with Gasteiger partial charge in [-0.15, -0.1) is 0 Å². The Morgan fingerprint density at radius 3 is 2.46 bits per heavy atom. The Hall–Kier alpha value is -1.57. The number of carbonyl (C=O) groups is 2. The van der Waals surface area contributed by atoms with Crippen LogP contribution in [0.5, 0.6) is 0 Å². The Bertz CT molecular complexity index is 570. The smallest absolute Gasteiger partial charge is 0.410 e. The van der Waals surface area contributed by atoms with Gasteiger partial charge in [0, 0.05) is 24.9 Å². The molecule has 5 nitrogen and oxygen atoms in total. The van der Waals surface area contributed by atoms with Crippen molar-refractivity contribution in [3.63, 3.8) is 0 Å². The third-order valence-corrected chi connectivity index (χ3v) is 5.76. The van der Waals surface area contributed by atoms with Gasteiger partial charge in [-0.3, -0.25) is 4.79 Å². The van der Waals surface area contributed by atoms with Crippen LogP contribution in [0.4, 0.5) is 4.79 Å². The molecule has 1 saturated carbocycles. The summed E-state index contributed by atoms with van der Waals surface area (Å²) in [5.74, 6) is 0.244. The predicted molar refractivity (Wildman–Crippen MR) is 92.4 cm³/mol. The first-order chi connectivity index (χ1) is 10.9. The fourth-order valence-corrected chi connectivity index (χ4v) is 4.53. The van der Waals surface area contributed by atoms with Gasteiger partial charge in [-0.05, 0) is 44.9 Å². The summed E-state index contributed by atoms with van der Waals surface area (Å²) in [4.78, 5) is 30.4. The molecule has 1 aliphatic carbocycles. The van der Waals surface area contributed by atoms with Crippen LogP contribution in [0, 0.1) is 23.3 Å². The monoisotopic (exact) mass is 334 g/mol. The molecule has 0 aromatic heterocycles. The maximum absolute atomic E-state index is 12.7. The number of amides is 1. The highest BCUT2D eigenvalue weighted by molar-refractivity contribution is 5.91. The van der Waals surface area contributed by atoms with Crippen molar-refractivity contribution in [2.75, 3.05) is 13.1 Å². The van der Waals surface area contributed by atoms with Gasteiger partial charge in [0.05, 0.1) is 0 Å². The van der Waals surface area contributed by atoms with Crippen molar-refractivity contribution in [1.82, 2.24) is 4.90 Å². The Morgan fingerprint density at radius 1 is 1.29 bits per heavy atom. The molecule has 1 amide bonds. The van der Waals surface area contributed by atoms with Crippen LogP contribution in [0.2, 0.25) is 0 Å². The Kier molecular flexibility index (Phi) is 4.74. The molecule has 2 aliphatic rings. The average Bonchev–Trinajstić information content (AvgIpc) is 2.61. The number of carbonyl (C=O) groups excluding carboxylic acids is 2. The fraction of sp³-hybridized carbons (Fsp3) is 0.842. The number of likely N-dealkylation sites (tertiary alicyclic amines) is 1. The van der Waals surface area contributed by atoms with Gasteiger partial charge < -0.3 is 14.5 Å². The molecule has 0 aromatic rings. The van der Waals surface area contributed by atoms with Gasteiger partial charge in [0.2, 0.25) is 5.78 Å². The first-order valence-electron chi connectivity index (χ1n) is 8.79. The molecule has 0 spiro atoms. The van der Waals surface area contributed by atoms with E-state index in [0.717, 1.165) is 12.8 Å². The normalized spacial score (nSPS) is 33.2. The molecule has 0 aromatic carbocycles. The van der Waals surface area contributed by atoms with E-state index in [0.29, 0.717) is 19.5 Å². The largest absolute Gasteiger partial charge is 0.444 e. The van der Waals surface area contributed by atoms with E-state index in [2.05, 4.69) is 11.8 Å². The zero-order valence-corrected chi connectivity index (χ0v) is 15.8. The van der Waals surface area contributed by atoms with Crippen LogP contribution in [0.3, 0.4) is 0 Å². The van der Waals surface area contributed by atoms with Gasteiger partial charge in [-0.2, -0.15) is 0 Å². The summed E-state index contributed by atoms with van der Waals surface area (Å²) < 4.78 is 5.51. The highest BCUT2D eigenvalue weighted by Gasteiger charge is 2.58. The lowest BCUT2D eigenvalue weighted by atomic mass is 9.53. The van der Waals surface area contributed by atoms with E-state index in [1.165, 1.54) is 0 Å². The second-order valence-electron chi connectivity index (χ2n) is 9.15. The second-order valence-corrected chi connectivity index (χ2v) is 9.15. The molecule has 1 saturated heterocycles. The molecule has 0 N–H and O–H groups in total. The Morgan fingerprint density at radius 2 is 1.92 bits per heavy atom. The molecule has 3 atom stereocenters. The summed E-state index contributed by atoms with van der Waals surface area (Å²) in [7, 11) is 0. The number of ether oxygens (including phenoxy) is 1. The summed E-state index contributed by atoms with van der Waals surface area (Å²) in [6.45, 7) is 20.3. The van der Waals surface area contributed by atoms with Crippen LogP contribution in [0.15, 0.2) is 0 Å². The van der Waals surface area contributed by atoms with Crippen LogP contribution in [-0.2, 0) is 9.53 Å². The van der Waals surface area contributed by atoms with Crippen LogP contribution in [0.1, 0.15) is 60.8 Å². The summed E-state index contributed by atoms with van der Waals surface area (Å²) in [6.07, 6.45) is 1.90. The topological polar surface area (TPSA) is 51.0 Å². The Balaban J connectivity index is 2.22. The van der Waals surface area contributed by atoms with Crippen molar-refractivity contribution in [3.05, 3.63) is 11.4 Å². The summed E-state index contributed by atoms with van der Waals surface area (Å²) in [6, 6.07) is -0.547. The molecule has 5 heteroatoms. The predicted octanol–water partition coefficient (Wildman–Crippen LogP) is 3.93. The van der Waals surface area contributed by atoms with Crippen molar-refractivity contribution in [3.8, 4) is 0 Å². The molecular weight excluding hydrogens is 304 g/mol. The molecule has 1 unspecified atom stereocenters. The standard InChI is InChI=1S/C19H30N2O3/c1-17(2,3)24-16(23)21-10-8-14-18(4,5)15(22)13(20-7)12-19(14,6)9-11-21/h13-14H,8-12H2,1-6H3/t13?,14-,19-/m1/s1. The first-order valence-corrected chi connectivity index (χ1v) is 8.79. The van der Waals surface area contributed by atoms with Crippen molar-refractivity contribution in [2.45, 2.75) is 72.4 Å². The van der Waals surface area contributed by atoms with Crippen molar-refractivity contribution in [1.29, 1.82) is 0 Å². The number of nitrogens with zero attached hydrogens (tertiary/aromatic N) is 2. The van der Waals surface area contributed by atoms with E-state index in [9.17, 15) is 9.59 Å². The van der Waals surface area contributed by atoms with E-state index < -0.39 is 17.1 Å². The summed E-state index contributed by atoms with van der Waals surface area (Å²) in [5, 5.41) is 0. The minimum Gasteiger partial charge on any atom is -0.444 e. The third-order valence-electron chi connectivity index (χ3n) is 5.76. The highest BCUT2D eigenvalue weighted by Crippen LogP contribution is 2.54. The molecule has 2 rings (SSSR count). The first kappa shape index (κ1) is 18.8. The van der Waals surface area contributed by atoms with E-state index in [1.54, 1.807) is 4.90 Å². The van der Waals surface area contributed by atoms with E-state index in [-0.39, 0.29) is 23.2 Å². The summed E-state index contributed by atoms with van der Waals surface area (Å²) >= 11 is 0. The second kappa shape index (κ2) is 6.06. The molecule has 1 aliphatic heterocycles. The van der Waals surface area contributed by atoms with Gasteiger partial charge in [0.25, 0.3) is 6.04 Å². The zero-order chi connectivity index (χ0) is 18.3. The van der Waals surface area contributed by atoms with Gasteiger partial charge in [-0.25, -0.2) is 11.4 Å². The lowest BCUT2D eigenvalue weighted by Gasteiger charge is -2.48. The average molecular weight is 334 g/mol. The molecule has 0 radical (unpaired) electrons. The quantitative estimate of drug-likeness (QED) is 0.631. The number of ketones is 1. The van der Waals surface area contributed by atoms with Crippen LogP contribution in [0.25, 0.3) is 4.85 Å². The van der Waals surface area contributed by atoms with E-state index in [4.69, 9.17) is 11.3 Å². The lowest BCUT2D eigenvalue weighted by molar-refractivity contribution is -0.140. The van der Waals surface area contributed by atoms with Crippen LogP contribution < -0.4 is 0 Å². The highest BCUT2D eigenvalue weighted by atomic mass is 16.6. The van der Waals surface area contributed by atoms with E-state index >= 15 is 0 Å². The van der Waals surface area contributed by atoms with Gasteiger partial charge in [0.1, 0.15) is 5.60 Å². The van der Waals surface area contributed by atoms with Gasteiger partial charge >= 0.3 is 6.09 Å². The molecule has 1 heterocycles. The number of fused-ring (bicyclic) bond motifs is 1. The zero-order valence-electron chi connectivity index (χ0n) is 15.8. The third kappa shape index (κ3) is 3.43. The minimum atomic E-state index is -0.547. The molecule has 134 valence electrons. The SMILES string of the molecule is [C-]#[N+]C1C[C@@]2(C)CCN(C(=O)OC(C)(C)C)CC[C@@H]2C(C)(C)C1=O. The maximum Gasteiger partial charge on any atom is 0.410 e. The van der Waals surface area contributed by atoms with E-state index in [1.807, 2.05) is 34.6 Å². The number of Topliss-reactive ketones (excluding diaryl/α,β-unsaturated/α-hetero) is 1. The van der Waals surface area contributed by atoms with Crippen molar-refractivity contribution in [2.24, 2.45) is 16.7 Å². The minimum absolute atomic E-state index is 0.0608. The van der Waals surface area contributed by atoms with Crippen LogP contribution in [-0.4, -0.2) is 41.5 Å². The molecule has 0 bridgehead atoms. The number of hydrogen-bond donors (Lipinski definition) is 0. The summed E-state index contributed by atoms with van der Waals surface area (Å²) in [5.41, 5.74) is -1.12. The Labute approximate surface area is 145 Å². The molecule has 24 heavy (non-hydrogen) atoms. The van der Waals surface area contributed by atoms with Gasteiger partial charge in [-0.1, -0.05) is 20.8 Å². The maximum atomic E-state index is 12.7. The molecule has 2 fully saturated rings. The number of hydrogen-bond acceptors (Lipinski definition) is 3. The molecular formula is C19H30N2O3. The fourth-order valence-electron chi connectivity index (χ4n) is 4.53. The number of rotatable bonds is 0. The van der Waals surface area contributed by atoms with Crippen molar-refractivity contribution < 1.29 is 14.3 Å². The van der Waals surface area contributed by atoms with Crippen molar-refractivity contribution >= 4 is 11.9 Å².